The van der Waals surface area contributed by atoms with E-state index in [2.05, 4.69) is 54.6 Å². The van der Waals surface area contributed by atoms with Gasteiger partial charge in [-0.05, 0) is 52.8 Å². The van der Waals surface area contributed by atoms with Gasteiger partial charge in [-0.3, -0.25) is 0 Å². The summed E-state index contributed by atoms with van der Waals surface area (Å²) in [5.74, 6) is 0.0551. The number of fused-ring (bicyclic) bond motifs is 5. The van der Waals surface area contributed by atoms with Crippen molar-refractivity contribution in [3.05, 3.63) is 89.5 Å². The molecule has 6 rings (SSSR count). The van der Waals surface area contributed by atoms with E-state index in [4.69, 9.17) is 4.74 Å². The number of anilines is 1. The molecular formula is C30H32N2O3. The first-order valence-corrected chi connectivity index (χ1v) is 12.6. The van der Waals surface area contributed by atoms with Gasteiger partial charge < -0.3 is 19.6 Å². The first-order chi connectivity index (χ1) is 16.9. The number of rotatable bonds is 4. The second kappa shape index (κ2) is 8.42. The van der Waals surface area contributed by atoms with Crippen LogP contribution in [0.25, 0.3) is 11.1 Å². The zero-order valence-electron chi connectivity index (χ0n) is 20.4. The molecule has 0 radical (unpaired) electrons. The van der Waals surface area contributed by atoms with Crippen LogP contribution in [0.4, 0.5) is 10.5 Å². The second-order valence-electron chi connectivity index (χ2n) is 10.5. The highest BCUT2D eigenvalue weighted by Gasteiger charge is 2.50. The maximum Gasteiger partial charge on any atom is 0.410 e. The van der Waals surface area contributed by atoms with Crippen LogP contribution in [0.2, 0.25) is 0 Å². The maximum absolute atomic E-state index is 13.3. The first kappa shape index (κ1) is 22.2. The van der Waals surface area contributed by atoms with E-state index in [1.807, 2.05) is 42.1 Å². The van der Waals surface area contributed by atoms with Gasteiger partial charge in [0.25, 0.3) is 0 Å². The Hall–Kier alpha value is -3.31. The number of nitrogens with zero attached hydrogens (tertiary/aromatic N) is 2. The molecule has 0 spiro atoms. The number of carbonyl (C=O) groups is 1. The summed E-state index contributed by atoms with van der Waals surface area (Å²) in [5, 5.41) is 11.7. The summed E-state index contributed by atoms with van der Waals surface area (Å²) in [6, 6.07) is 24.9. The standard InChI is InChI=1S/C30H32N2O3/c1-31(2)21-9-7-8-20(16-21)30(34)17-22-14-15-23(18-30)32(22)29(33)35-19-28-26-12-5-3-10-24(26)25-11-4-6-13-27(25)28/h3-13,16,22-23,28,34H,14-15,17-19H2,1-2H3. The summed E-state index contributed by atoms with van der Waals surface area (Å²) in [7, 11) is 4.01. The Morgan fingerprint density at radius 3 is 2.14 bits per heavy atom. The molecular weight excluding hydrogens is 436 g/mol. The van der Waals surface area contributed by atoms with Gasteiger partial charge in [0.05, 0.1) is 5.60 Å². The SMILES string of the molecule is CN(C)c1cccc(C2(O)CC3CCC(C2)N3C(=O)OCC2c3ccccc3-c3ccccc32)c1. The number of amides is 1. The Labute approximate surface area is 206 Å². The monoisotopic (exact) mass is 468 g/mol. The van der Waals surface area contributed by atoms with E-state index in [0.717, 1.165) is 24.1 Å². The van der Waals surface area contributed by atoms with Crippen LogP contribution in [0.3, 0.4) is 0 Å². The van der Waals surface area contributed by atoms with Gasteiger partial charge in [-0.1, -0.05) is 60.7 Å². The van der Waals surface area contributed by atoms with Crippen molar-refractivity contribution in [3.63, 3.8) is 0 Å². The van der Waals surface area contributed by atoms with E-state index in [-0.39, 0.29) is 24.1 Å². The van der Waals surface area contributed by atoms with Crippen molar-refractivity contribution in [1.29, 1.82) is 0 Å². The molecule has 2 heterocycles. The molecule has 5 heteroatoms. The molecule has 5 nitrogen and oxygen atoms in total. The summed E-state index contributed by atoms with van der Waals surface area (Å²) in [6.07, 6.45) is 2.66. The van der Waals surface area contributed by atoms with Gasteiger partial charge >= 0.3 is 6.09 Å². The Kier molecular flexibility index (Phi) is 5.33. The van der Waals surface area contributed by atoms with Gasteiger partial charge in [-0.15, -0.1) is 0 Å². The van der Waals surface area contributed by atoms with E-state index in [1.165, 1.54) is 22.3 Å². The first-order valence-electron chi connectivity index (χ1n) is 12.6. The zero-order chi connectivity index (χ0) is 24.2. The van der Waals surface area contributed by atoms with Gasteiger partial charge in [0.15, 0.2) is 0 Å². The number of hydrogen-bond donors (Lipinski definition) is 1. The number of hydrogen-bond acceptors (Lipinski definition) is 4. The van der Waals surface area contributed by atoms with Crippen LogP contribution in [-0.2, 0) is 10.3 Å². The van der Waals surface area contributed by atoms with Crippen LogP contribution >= 0.6 is 0 Å². The van der Waals surface area contributed by atoms with Crippen LogP contribution in [0, 0.1) is 0 Å². The maximum atomic E-state index is 13.3. The predicted octanol–water partition coefficient (Wildman–Crippen LogP) is 5.52. The van der Waals surface area contributed by atoms with Crippen LogP contribution in [0.15, 0.2) is 72.8 Å². The van der Waals surface area contributed by atoms with Gasteiger partial charge in [0.1, 0.15) is 6.61 Å². The fourth-order valence-corrected chi connectivity index (χ4v) is 6.50. The van der Waals surface area contributed by atoms with E-state index in [0.29, 0.717) is 19.4 Å². The Morgan fingerprint density at radius 2 is 1.54 bits per heavy atom. The quantitative estimate of drug-likeness (QED) is 0.548. The van der Waals surface area contributed by atoms with Gasteiger partial charge in [0.2, 0.25) is 0 Å². The topological polar surface area (TPSA) is 53.0 Å². The Bertz CT molecular complexity index is 1210. The third-order valence-electron chi connectivity index (χ3n) is 8.21. The number of benzene rings is 3. The molecule has 0 saturated carbocycles. The van der Waals surface area contributed by atoms with Crippen molar-refractivity contribution >= 4 is 11.8 Å². The second-order valence-corrected chi connectivity index (χ2v) is 10.5. The highest BCUT2D eigenvalue weighted by atomic mass is 16.6. The van der Waals surface area contributed by atoms with Crippen molar-refractivity contribution in [3.8, 4) is 11.1 Å². The minimum absolute atomic E-state index is 0.00240. The molecule has 35 heavy (non-hydrogen) atoms. The van der Waals surface area contributed by atoms with E-state index in [9.17, 15) is 9.90 Å². The molecule has 3 aromatic carbocycles. The smallest absolute Gasteiger partial charge is 0.410 e. The minimum Gasteiger partial charge on any atom is -0.448 e. The number of ether oxygens (including phenoxy) is 1. The fraction of sp³-hybridized carbons (Fsp3) is 0.367. The lowest BCUT2D eigenvalue weighted by molar-refractivity contribution is -0.0531. The molecule has 2 saturated heterocycles. The average molecular weight is 469 g/mol. The van der Waals surface area contributed by atoms with E-state index in [1.54, 1.807) is 0 Å². The normalized spacial score (nSPS) is 24.7. The summed E-state index contributed by atoms with van der Waals surface area (Å²) in [6.45, 7) is 0.331. The molecule has 180 valence electrons. The number of piperidine rings is 1. The molecule has 1 aliphatic carbocycles. The summed E-state index contributed by atoms with van der Waals surface area (Å²) < 4.78 is 5.98. The van der Waals surface area contributed by atoms with Crippen LogP contribution in [-0.4, -0.2) is 48.9 Å². The molecule has 3 aromatic rings. The predicted molar refractivity (Wildman–Crippen MR) is 138 cm³/mol. The van der Waals surface area contributed by atoms with Crippen LogP contribution < -0.4 is 4.90 Å². The molecule has 2 fully saturated rings. The molecule has 2 bridgehead atoms. The Balaban J connectivity index is 1.18. The van der Waals surface area contributed by atoms with Crippen molar-refractivity contribution in [1.82, 2.24) is 4.90 Å². The summed E-state index contributed by atoms with van der Waals surface area (Å²) in [5.41, 5.74) is 5.99. The van der Waals surface area contributed by atoms with Crippen molar-refractivity contribution < 1.29 is 14.6 Å². The third kappa shape index (κ3) is 3.69. The van der Waals surface area contributed by atoms with Crippen molar-refractivity contribution in [2.24, 2.45) is 0 Å². The molecule has 2 unspecified atom stereocenters. The average Bonchev–Trinajstić information content (AvgIpc) is 3.34. The van der Waals surface area contributed by atoms with Crippen LogP contribution in [0.5, 0.6) is 0 Å². The fourth-order valence-electron chi connectivity index (χ4n) is 6.50. The summed E-state index contributed by atoms with van der Waals surface area (Å²) in [4.78, 5) is 17.3. The number of carbonyl (C=O) groups excluding carboxylic acids is 1. The summed E-state index contributed by atoms with van der Waals surface area (Å²) >= 11 is 0. The van der Waals surface area contributed by atoms with E-state index >= 15 is 0 Å². The van der Waals surface area contributed by atoms with Crippen molar-refractivity contribution in [2.75, 3.05) is 25.6 Å². The Morgan fingerprint density at radius 1 is 0.943 bits per heavy atom. The lowest BCUT2D eigenvalue weighted by Crippen LogP contribution is -2.52. The van der Waals surface area contributed by atoms with Crippen molar-refractivity contribution in [2.45, 2.75) is 49.3 Å². The number of aliphatic hydroxyl groups is 1. The molecule has 0 aromatic heterocycles. The largest absolute Gasteiger partial charge is 0.448 e. The highest BCUT2D eigenvalue weighted by Crippen LogP contribution is 2.47. The third-order valence-corrected chi connectivity index (χ3v) is 8.21. The molecule has 1 N–H and O–H groups in total. The van der Waals surface area contributed by atoms with Gasteiger partial charge in [-0.25, -0.2) is 4.79 Å². The zero-order valence-corrected chi connectivity index (χ0v) is 20.4. The minimum atomic E-state index is -0.919. The van der Waals surface area contributed by atoms with Crippen LogP contribution in [0.1, 0.15) is 48.3 Å². The molecule has 2 aliphatic heterocycles. The molecule has 2 atom stereocenters. The van der Waals surface area contributed by atoms with E-state index < -0.39 is 5.60 Å². The highest BCUT2D eigenvalue weighted by molar-refractivity contribution is 5.79. The van der Waals surface area contributed by atoms with Gasteiger partial charge in [0, 0.05) is 50.6 Å². The molecule has 3 aliphatic rings. The lowest BCUT2D eigenvalue weighted by Gasteiger charge is -2.43. The lowest BCUT2D eigenvalue weighted by atomic mass is 9.80. The van der Waals surface area contributed by atoms with Gasteiger partial charge in [-0.2, -0.15) is 0 Å². The molecule has 1 amide bonds.